The minimum atomic E-state index is -0.310. The molecule has 0 heterocycles. The fourth-order valence-electron chi connectivity index (χ4n) is 0.711. The van der Waals surface area contributed by atoms with Crippen molar-refractivity contribution in [2.24, 2.45) is 0 Å². The van der Waals surface area contributed by atoms with Crippen molar-refractivity contribution in [1.82, 2.24) is 0 Å². The maximum Gasteiger partial charge on any atom is 0.123 e. The van der Waals surface area contributed by atoms with Crippen LogP contribution in [0.3, 0.4) is 0 Å². The summed E-state index contributed by atoms with van der Waals surface area (Å²) in [5.74, 6) is -0.310. The molecular weight excluding hydrogens is 150 g/mol. The number of hydrogen-bond acceptors (Lipinski definition) is 1. The molecule has 0 bridgehead atoms. The van der Waals surface area contributed by atoms with Gasteiger partial charge >= 0.3 is 0 Å². The van der Waals surface area contributed by atoms with Crippen LogP contribution in [0.2, 0.25) is 0 Å². The van der Waals surface area contributed by atoms with Crippen LogP contribution >= 0.6 is 9.24 Å². The second kappa shape index (κ2) is 3.09. The molecule has 0 fully saturated rings. The van der Waals surface area contributed by atoms with Crippen molar-refractivity contribution in [2.45, 2.75) is 6.61 Å². The van der Waals surface area contributed by atoms with E-state index in [1.54, 1.807) is 6.07 Å². The van der Waals surface area contributed by atoms with Gasteiger partial charge < -0.3 is 5.11 Å². The molecule has 0 aliphatic carbocycles. The highest BCUT2D eigenvalue weighted by molar-refractivity contribution is 7.27. The summed E-state index contributed by atoms with van der Waals surface area (Å²) in [6.45, 7) is -0.114. The van der Waals surface area contributed by atoms with Crippen LogP contribution in [0.1, 0.15) is 5.56 Å². The van der Waals surface area contributed by atoms with Crippen molar-refractivity contribution in [3.05, 3.63) is 29.6 Å². The van der Waals surface area contributed by atoms with Gasteiger partial charge in [0.1, 0.15) is 5.82 Å². The van der Waals surface area contributed by atoms with Crippen molar-refractivity contribution >= 4 is 14.5 Å². The molecule has 0 radical (unpaired) electrons. The fraction of sp³-hybridized carbons (Fsp3) is 0.143. The molecule has 0 amide bonds. The van der Waals surface area contributed by atoms with Crippen LogP contribution in [0.25, 0.3) is 0 Å². The normalized spacial score (nSPS) is 9.90. The molecule has 1 rings (SSSR count). The molecule has 1 aromatic carbocycles. The molecule has 1 N–H and O–H groups in total. The number of aliphatic hydroxyl groups excluding tert-OH is 1. The molecule has 0 aliphatic heterocycles. The minimum Gasteiger partial charge on any atom is -0.392 e. The van der Waals surface area contributed by atoms with Gasteiger partial charge in [0.25, 0.3) is 0 Å². The van der Waals surface area contributed by atoms with E-state index in [0.717, 1.165) is 5.30 Å². The predicted molar refractivity (Wildman–Crippen MR) is 41.7 cm³/mol. The van der Waals surface area contributed by atoms with Gasteiger partial charge in [-0.15, -0.1) is 9.24 Å². The van der Waals surface area contributed by atoms with Crippen LogP contribution in [0.15, 0.2) is 18.2 Å². The Labute approximate surface area is 61.1 Å². The van der Waals surface area contributed by atoms with E-state index in [1.165, 1.54) is 12.1 Å². The van der Waals surface area contributed by atoms with E-state index >= 15 is 0 Å². The Morgan fingerprint density at radius 3 is 2.70 bits per heavy atom. The molecule has 1 nitrogen and oxygen atoms in total. The van der Waals surface area contributed by atoms with E-state index in [2.05, 4.69) is 9.24 Å². The molecule has 10 heavy (non-hydrogen) atoms. The Balaban J connectivity index is 3.09. The largest absolute Gasteiger partial charge is 0.392 e. The molecular formula is C7H8FOP. The second-order valence-electron chi connectivity index (χ2n) is 2.00. The molecule has 0 saturated heterocycles. The lowest BCUT2D eigenvalue weighted by atomic mass is 10.2. The Morgan fingerprint density at radius 2 is 2.20 bits per heavy atom. The fourth-order valence-corrected chi connectivity index (χ4v) is 0.982. The number of halogens is 1. The minimum absolute atomic E-state index is 0.114. The first-order chi connectivity index (χ1) is 4.74. The number of benzene rings is 1. The second-order valence-corrected chi connectivity index (χ2v) is 2.62. The van der Waals surface area contributed by atoms with E-state index in [0.29, 0.717) is 5.56 Å². The van der Waals surface area contributed by atoms with Crippen molar-refractivity contribution < 1.29 is 9.50 Å². The molecule has 0 saturated carbocycles. The third-order valence-corrected chi connectivity index (χ3v) is 1.84. The maximum absolute atomic E-state index is 12.4. The summed E-state index contributed by atoms with van der Waals surface area (Å²) >= 11 is 0. The van der Waals surface area contributed by atoms with Gasteiger partial charge in [-0.25, -0.2) is 4.39 Å². The standard InChI is InChI=1S/C7H8FOP/c8-6-1-2-7(10)5(3-6)4-9/h1-3,9H,4,10H2. The van der Waals surface area contributed by atoms with Gasteiger partial charge in [0.2, 0.25) is 0 Å². The smallest absolute Gasteiger partial charge is 0.123 e. The molecule has 0 aliphatic rings. The molecule has 1 atom stereocenters. The topological polar surface area (TPSA) is 20.2 Å². The van der Waals surface area contributed by atoms with Crippen molar-refractivity contribution in [3.63, 3.8) is 0 Å². The van der Waals surface area contributed by atoms with E-state index in [9.17, 15) is 4.39 Å². The SMILES string of the molecule is OCc1cc(F)ccc1P. The van der Waals surface area contributed by atoms with Gasteiger partial charge in [-0.3, -0.25) is 0 Å². The highest BCUT2D eigenvalue weighted by Crippen LogP contribution is 2.03. The molecule has 1 aromatic rings. The summed E-state index contributed by atoms with van der Waals surface area (Å²) < 4.78 is 12.4. The van der Waals surface area contributed by atoms with Gasteiger partial charge in [0, 0.05) is 0 Å². The summed E-state index contributed by atoms with van der Waals surface area (Å²) in [7, 11) is 2.43. The van der Waals surface area contributed by atoms with Crippen LogP contribution in [0.4, 0.5) is 4.39 Å². The van der Waals surface area contributed by atoms with Crippen LogP contribution in [-0.4, -0.2) is 5.11 Å². The average Bonchev–Trinajstić information content (AvgIpc) is 1.94. The summed E-state index contributed by atoms with van der Waals surface area (Å²) in [5, 5.41) is 9.50. The third-order valence-electron chi connectivity index (χ3n) is 1.28. The van der Waals surface area contributed by atoms with E-state index in [1.807, 2.05) is 0 Å². The monoisotopic (exact) mass is 158 g/mol. The summed E-state index contributed by atoms with van der Waals surface area (Å²) in [6.07, 6.45) is 0. The van der Waals surface area contributed by atoms with E-state index in [-0.39, 0.29) is 12.4 Å². The Bertz CT molecular complexity index is 237. The number of hydrogen-bond donors (Lipinski definition) is 1. The first-order valence-electron chi connectivity index (χ1n) is 2.89. The highest BCUT2D eigenvalue weighted by atomic mass is 31.0. The zero-order chi connectivity index (χ0) is 7.56. The third kappa shape index (κ3) is 1.53. The van der Waals surface area contributed by atoms with Gasteiger partial charge in [-0.2, -0.15) is 0 Å². The molecule has 3 heteroatoms. The molecule has 1 unspecified atom stereocenters. The van der Waals surface area contributed by atoms with Crippen molar-refractivity contribution in [3.8, 4) is 0 Å². The van der Waals surface area contributed by atoms with Crippen molar-refractivity contribution in [2.75, 3.05) is 0 Å². The Morgan fingerprint density at radius 1 is 1.50 bits per heavy atom. The molecule has 0 spiro atoms. The first kappa shape index (κ1) is 7.64. The molecule has 0 aromatic heterocycles. The number of rotatable bonds is 1. The van der Waals surface area contributed by atoms with Crippen LogP contribution in [0, 0.1) is 5.82 Å². The quantitative estimate of drug-likeness (QED) is 0.600. The lowest BCUT2D eigenvalue weighted by Gasteiger charge is -1.99. The van der Waals surface area contributed by atoms with Crippen LogP contribution in [-0.2, 0) is 6.61 Å². The summed E-state index contributed by atoms with van der Waals surface area (Å²) in [4.78, 5) is 0. The number of aliphatic hydroxyl groups is 1. The van der Waals surface area contributed by atoms with Gasteiger partial charge in [-0.05, 0) is 23.0 Å². The summed E-state index contributed by atoms with van der Waals surface area (Å²) in [6, 6.07) is 4.30. The van der Waals surface area contributed by atoms with Gasteiger partial charge in [0.15, 0.2) is 0 Å². The van der Waals surface area contributed by atoms with Crippen molar-refractivity contribution in [1.29, 1.82) is 0 Å². The van der Waals surface area contributed by atoms with Crippen LogP contribution < -0.4 is 5.30 Å². The lowest BCUT2D eigenvalue weighted by Crippen LogP contribution is -2.01. The maximum atomic E-state index is 12.4. The summed E-state index contributed by atoms with van der Waals surface area (Å²) in [5.41, 5.74) is 0.616. The highest BCUT2D eigenvalue weighted by Gasteiger charge is 1.96. The zero-order valence-corrected chi connectivity index (χ0v) is 6.50. The molecule has 54 valence electrons. The lowest BCUT2D eigenvalue weighted by molar-refractivity contribution is 0.282. The predicted octanol–water partition coefficient (Wildman–Crippen LogP) is 0.818. The Hall–Kier alpha value is -0.460. The van der Waals surface area contributed by atoms with E-state index < -0.39 is 0 Å². The van der Waals surface area contributed by atoms with Gasteiger partial charge in [-0.1, -0.05) is 6.07 Å². The Kier molecular flexibility index (Phi) is 2.36. The van der Waals surface area contributed by atoms with Gasteiger partial charge in [0.05, 0.1) is 6.61 Å². The average molecular weight is 158 g/mol. The van der Waals surface area contributed by atoms with E-state index in [4.69, 9.17) is 5.11 Å². The zero-order valence-electron chi connectivity index (χ0n) is 5.34. The van der Waals surface area contributed by atoms with Crippen LogP contribution in [0.5, 0.6) is 0 Å². The first-order valence-corrected chi connectivity index (χ1v) is 3.46.